The lowest BCUT2D eigenvalue weighted by Crippen LogP contribution is -2.36. The van der Waals surface area contributed by atoms with E-state index in [9.17, 15) is 8.78 Å². The minimum atomic E-state index is -0.788. The Balaban J connectivity index is 2.64. The Bertz CT molecular complexity index is 469. The maximum Gasteiger partial charge on any atom is 0.168 e. The van der Waals surface area contributed by atoms with Gasteiger partial charge in [-0.1, -0.05) is 5.16 Å². The second kappa shape index (κ2) is 3.43. The van der Waals surface area contributed by atoms with Crippen molar-refractivity contribution < 1.29 is 18.7 Å². The van der Waals surface area contributed by atoms with Gasteiger partial charge in [0.2, 0.25) is 0 Å². The molecular weight excluding hydrogens is 216 g/mol. The lowest BCUT2D eigenvalue weighted by Gasteiger charge is -2.32. The van der Waals surface area contributed by atoms with Crippen LogP contribution in [0.25, 0.3) is 0 Å². The second-order valence-corrected chi connectivity index (χ2v) is 4.35. The number of halogens is 2. The Labute approximate surface area is 91.3 Å². The Morgan fingerprint density at radius 3 is 2.69 bits per heavy atom. The van der Waals surface area contributed by atoms with E-state index in [1.807, 2.05) is 0 Å². The Morgan fingerprint density at radius 2 is 2.06 bits per heavy atom. The van der Waals surface area contributed by atoms with Crippen LogP contribution in [0.5, 0.6) is 5.75 Å². The first-order valence-electron chi connectivity index (χ1n) is 4.82. The monoisotopic (exact) mass is 227 g/mol. The summed E-state index contributed by atoms with van der Waals surface area (Å²) in [5.74, 6) is -1.57. The summed E-state index contributed by atoms with van der Waals surface area (Å²) in [4.78, 5) is 0. The molecule has 2 rings (SSSR count). The van der Waals surface area contributed by atoms with Gasteiger partial charge < -0.3 is 9.94 Å². The average molecular weight is 227 g/mol. The summed E-state index contributed by atoms with van der Waals surface area (Å²) in [6, 6.07) is 1.85. The van der Waals surface area contributed by atoms with Crippen LogP contribution in [0, 0.1) is 11.6 Å². The van der Waals surface area contributed by atoms with Crippen LogP contribution in [0.3, 0.4) is 0 Å². The van der Waals surface area contributed by atoms with Gasteiger partial charge in [0.25, 0.3) is 0 Å². The number of hydrogen-bond acceptors (Lipinski definition) is 3. The summed E-state index contributed by atoms with van der Waals surface area (Å²) < 4.78 is 31.9. The number of hydrogen-bond donors (Lipinski definition) is 1. The van der Waals surface area contributed by atoms with Crippen LogP contribution in [0.2, 0.25) is 0 Å². The minimum absolute atomic E-state index is 0.0644. The van der Waals surface area contributed by atoms with Gasteiger partial charge in [0, 0.05) is 18.1 Å². The van der Waals surface area contributed by atoms with Crippen molar-refractivity contribution in [2.24, 2.45) is 5.16 Å². The van der Waals surface area contributed by atoms with E-state index < -0.39 is 17.2 Å². The highest BCUT2D eigenvalue weighted by Gasteiger charge is 2.33. The molecule has 0 saturated heterocycles. The molecule has 5 heteroatoms. The highest BCUT2D eigenvalue weighted by Crippen LogP contribution is 2.35. The second-order valence-electron chi connectivity index (χ2n) is 4.35. The number of ether oxygens (including phenoxy) is 1. The Morgan fingerprint density at radius 1 is 1.38 bits per heavy atom. The molecule has 1 heterocycles. The maximum absolute atomic E-state index is 13.5. The van der Waals surface area contributed by atoms with Gasteiger partial charge >= 0.3 is 0 Å². The number of rotatable bonds is 0. The van der Waals surface area contributed by atoms with Gasteiger partial charge in [-0.15, -0.1) is 0 Å². The molecule has 3 nitrogen and oxygen atoms in total. The fourth-order valence-corrected chi connectivity index (χ4v) is 1.78. The number of oxime groups is 1. The third kappa shape index (κ3) is 1.73. The molecule has 1 aliphatic rings. The van der Waals surface area contributed by atoms with Gasteiger partial charge in [-0.05, 0) is 19.9 Å². The highest BCUT2D eigenvalue weighted by molar-refractivity contribution is 6.04. The summed E-state index contributed by atoms with van der Waals surface area (Å²) >= 11 is 0. The minimum Gasteiger partial charge on any atom is -0.484 e. The van der Waals surface area contributed by atoms with Gasteiger partial charge in [0.15, 0.2) is 11.6 Å². The quantitative estimate of drug-likeness (QED) is 0.547. The smallest absolute Gasteiger partial charge is 0.168 e. The zero-order valence-corrected chi connectivity index (χ0v) is 8.92. The van der Waals surface area contributed by atoms with Crippen molar-refractivity contribution in [1.29, 1.82) is 0 Å². The van der Waals surface area contributed by atoms with E-state index in [-0.39, 0.29) is 17.0 Å². The van der Waals surface area contributed by atoms with Crippen LogP contribution >= 0.6 is 0 Å². The van der Waals surface area contributed by atoms with E-state index in [2.05, 4.69) is 5.16 Å². The largest absolute Gasteiger partial charge is 0.484 e. The van der Waals surface area contributed by atoms with E-state index in [4.69, 9.17) is 9.94 Å². The van der Waals surface area contributed by atoms with Crippen molar-refractivity contribution in [2.45, 2.75) is 25.9 Å². The van der Waals surface area contributed by atoms with Crippen LogP contribution in [0.4, 0.5) is 8.78 Å². The molecule has 0 radical (unpaired) electrons. The molecule has 1 aromatic carbocycles. The molecule has 0 aromatic heterocycles. The molecule has 1 aromatic rings. The molecule has 0 amide bonds. The SMILES string of the molecule is CC1(C)C/C(=N\O)c2cc(F)cc(F)c2O1. The van der Waals surface area contributed by atoms with E-state index in [1.54, 1.807) is 13.8 Å². The first-order chi connectivity index (χ1) is 7.43. The van der Waals surface area contributed by atoms with E-state index >= 15 is 0 Å². The van der Waals surface area contributed by atoms with E-state index in [0.29, 0.717) is 6.42 Å². The van der Waals surface area contributed by atoms with Crippen molar-refractivity contribution in [3.63, 3.8) is 0 Å². The Kier molecular flexibility index (Phi) is 2.33. The molecule has 1 N–H and O–H groups in total. The Hall–Kier alpha value is -1.65. The van der Waals surface area contributed by atoms with Crippen LogP contribution in [0.1, 0.15) is 25.8 Å². The normalized spacial score (nSPS) is 20.4. The molecule has 1 aliphatic heterocycles. The van der Waals surface area contributed by atoms with Crippen molar-refractivity contribution >= 4 is 5.71 Å². The van der Waals surface area contributed by atoms with Crippen LogP contribution in [-0.4, -0.2) is 16.5 Å². The van der Waals surface area contributed by atoms with Gasteiger partial charge in [-0.3, -0.25) is 0 Å². The van der Waals surface area contributed by atoms with Crippen LogP contribution in [-0.2, 0) is 0 Å². The highest BCUT2D eigenvalue weighted by atomic mass is 19.1. The molecule has 0 bridgehead atoms. The van der Waals surface area contributed by atoms with Gasteiger partial charge in [0.1, 0.15) is 11.4 Å². The molecule has 0 atom stereocenters. The molecule has 0 spiro atoms. The summed E-state index contributed by atoms with van der Waals surface area (Å²) in [6.07, 6.45) is 0.291. The summed E-state index contributed by atoms with van der Waals surface area (Å²) in [5, 5.41) is 11.9. The third-order valence-electron chi connectivity index (χ3n) is 2.41. The first kappa shape index (κ1) is 10.9. The van der Waals surface area contributed by atoms with Gasteiger partial charge in [-0.2, -0.15) is 0 Å². The molecule has 16 heavy (non-hydrogen) atoms. The van der Waals surface area contributed by atoms with Crippen LogP contribution in [0.15, 0.2) is 17.3 Å². The fourth-order valence-electron chi connectivity index (χ4n) is 1.78. The van der Waals surface area contributed by atoms with Gasteiger partial charge in [-0.25, -0.2) is 8.78 Å². The summed E-state index contributed by atoms with van der Waals surface area (Å²) in [6.45, 7) is 3.48. The lowest BCUT2D eigenvalue weighted by atomic mass is 9.92. The topological polar surface area (TPSA) is 41.8 Å². The third-order valence-corrected chi connectivity index (χ3v) is 2.41. The zero-order valence-electron chi connectivity index (χ0n) is 8.92. The molecule has 0 saturated carbocycles. The molecule has 0 unspecified atom stereocenters. The van der Waals surface area contributed by atoms with Crippen molar-refractivity contribution in [3.8, 4) is 5.75 Å². The van der Waals surface area contributed by atoms with Crippen molar-refractivity contribution in [1.82, 2.24) is 0 Å². The first-order valence-corrected chi connectivity index (χ1v) is 4.82. The average Bonchev–Trinajstić information content (AvgIpc) is 2.18. The fraction of sp³-hybridized carbons (Fsp3) is 0.364. The van der Waals surface area contributed by atoms with Crippen LogP contribution < -0.4 is 4.74 Å². The van der Waals surface area contributed by atoms with Crippen molar-refractivity contribution in [2.75, 3.05) is 0 Å². The number of fused-ring (bicyclic) bond motifs is 1. The molecular formula is C11H11F2NO2. The lowest BCUT2D eigenvalue weighted by molar-refractivity contribution is 0.103. The number of nitrogens with zero attached hydrogens (tertiary/aromatic N) is 1. The maximum atomic E-state index is 13.5. The standard InChI is InChI=1S/C11H11F2NO2/c1-11(2)5-9(14-15)7-3-6(12)4-8(13)10(7)16-11/h3-4,15H,5H2,1-2H3/b14-9+. The van der Waals surface area contributed by atoms with E-state index in [0.717, 1.165) is 12.1 Å². The molecule has 86 valence electrons. The molecule has 0 aliphatic carbocycles. The number of benzene rings is 1. The predicted octanol–water partition coefficient (Wildman–Crippen LogP) is 2.70. The van der Waals surface area contributed by atoms with E-state index in [1.165, 1.54) is 0 Å². The summed E-state index contributed by atoms with van der Waals surface area (Å²) in [5.41, 5.74) is -0.281. The molecule has 0 fully saturated rings. The van der Waals surface area contributed by atoms with Crippen molar-refractivity contribution in [3.05, 3.63) is 29.3 Å². The summed E-state index contributed by atoms with van der Waals surface area (Å²) in [7, 11) is 0. The zero-order chi connectivity index (χ0) is 11.9. The van der Waals surface area contributed by atoms with Gasteiger partial charge in [0.05, 0.1) is 5.71 Å². The predicted molar refractivity (Wildman–Crippen MR) is 54.0 cm³/mol.